The Morgan fingerprint density at radius 2 is 2.36 bits per heavy atom. The minimum Gasteiger partial charge on any atom is -0.356 e. The van der Waals surface area contributed by atoms with Gasteiger partial charge in [0.2, 0.25) is 0 Å². The number of benzene rings is 1. The normalized spacial score (nSPS) is 16.2. The van der Waals surface area contributed by atoms with E-state index in [1.165, 1.54) is 12.1 Å². The Hall–Kier alpha value is -1.07. The minimum absolute atomic E-state index is 0.117. The van der Waals surface area contributed by atoms with E-state index in [1.807, 2.05) is 0 Å². The van der Waals surface area contributed by atoms with Crippen molar-refractivity contribution in [3.63, 3.8) is 0 Å². The Labute approximate surface area is 89.1 Å². The molecule has 1 aromatic carbocycles. The van der Waals surface area contributed by atoms with Crippen molar-refractivity contribution in [1.29, 1.82) is 0 Å². The van der Waals surface area contributed by atoms with Crippen LogP contribution in [0.4, 0.5) is 0 Å². The Morgan fingerprint density at radius 1 is 1.57 bits per heavy atom. The molecule has 0 aliphatic heterocycles. The molecule has 0 N–H and O–H groups in total. The van der Waals surface area contributed by atoms with Gasteiger partial charge in [-0.15, -0.1) is 0 Å². The summed E-state index contributed by atoms with van der Waals surface area (Å²) in [5, 5.41) is 3.53. The molecule has 0 radical (unpaired) electrons. The molecule has 0 saturated heterocycles. The van der Waals surface area contributed by atoms with E-state index in [2.05, 4.69) is 5.16 Å². The summed E-state index contributed by atoms with van der Waals surface area (Å²) in [4.78, 5) is -0.194. The van der Waals surface area contributed by atoms with Crippen LogP contribution in [0.3, 0.4) is 0 Å². The van der Waals surface area contributed by atoms with E-state index in [1.54, 1.807) is 0 Å². The summed E-state index contributed by atoms with van der Waals surface area (Å²) in [5.74, 6) is 0. The average molecular weight is 235 g/mol. The number of hydrogen-bond acceptors (Lipinski definition) is 4. The number of halogens is 1. The molecule has 0 spiro atoms. The van der Waals surface area contributed by atoms with E-state index in [-0.39, 0.29) is 21.6 Å². The van der Waals surface area contributed by atoms with Crippen LogP contribution in [0.1, 0.15) is 9.81 Å². The number of nitrogens with zero attached hydrogens (tertiary/aromatic N) is 1. The quantitative estimate of drug-likeness (QED) is 0.709. The molecule has 0 aliphatic carbocycles. The number of fused-ring (bicyclic) bond motifs is 1. The molecular weight excluding hydrogens is 226 g/mol. The second-order valence-corrected chi connectivity index (χ2v) is 5.19. The molecule has 0 aliphatic rings. The Morgan fingerprint density at radius 3 is 3.00 bits per heavy atom. The minimum atomic E-state index is -3.92. The largest absolute Gasteiger partial charge is 0.356 e. The summed E-state index contributed by atoms with van der Waals surface area (Å²) in [7, 11) is 1.26. The van der Waals surface area contributed by atoms with Gasteiger partial charge in [0, 0.05) is 20.2 Å². The first-order valence-corrected chi connectivity index (χ1v) is 5.85. The first-order valence-electron chi connectivity index (χ1n) is 5.04. The summed E-state index contributed by atoms with van der Waals surface area (Å²) in [6.45, 7) is -2.47. The lowest BCUT2D eigenvalue weighted by atomic mass is 10.2. The van der Waals surface area contributed by atoms with Crippen LogP contribution < -0.4 is 0 Å². The average Bonchev–Trinajstić information content (AvgIpc) is 2.57. The zero-order valence-corrected chi connectivity index (χ0v) is 8.26. The fourth-order valence-corrected chi connectivity index (χ4v) is 1.85. The molecule has 0 amide bonds. The number of rotatable bonds is 1. The van der Waals surface area contributed by atoms with Gasteiger partial charge in [-0.25, -0.2) is 8.42 Å². The van der Waals surface area contributed by atoms with Gasteiger partial charge in [-0.05, 0) is 25.1 Å². The molecule has 0 atom stereocenters. The summed E-state index contributed by atoms with van der Waals surface area (Å²) < 4.78 is 48.7. The zero-order valence-electron chi connectivity index (χ0n) is 9.69. The topological polar surface area (TPSA) is 60.2 Å². The summed E-state index contributed by atoms with van der Waals surface area (Å²) in [6.07, 6.45) is 0. The van der Waals surface area contributed by atoms with Gasteiger partial charge >= 0.3 is 0 Å². The van der Waals surface area contributed by atoms with Crippen LogP contribution in [0.25, 0.3) is 11.0 Å². The molecule has 4 nitrogen and oxygen atoms in total. The molecule has 1 heterocycles. The summed E-state index contributed by atoms with van der Waals surface area (Å²) in [5.41, 5.74) is -0.0881. The van der Waals surface area contributed by atoms with Gasteiger partial charge in [0.15, 0.2) is 5.58 Å². The molecule has 74 valence electrons. The van der Waals surface area contributed by atoms with Crippen molar-refractivity contribution in [3.05, 3.63) is 23.9 Å². The highest BCUT2D eigenvalue weighted by molar-refractivity contribution is 8.13. The van der Waals surface area contributed by atoms with Crippen molar-refractivity contribution in [3.8, 4) is 0 Å². The van der Waals surface area contributed by atoms with Crippen LogP contribution in [-0.4, -0.2) is 13.6 Å². The molecule has 1 aromatic heterocycles. The van der Waals surface area contributed by atoms with Crippen LogP contribution in [0, 0.1) is 6.85 Å². The van der Waals surface area contributed by atoms with Crippen molar-refractivity contribution in [2.24, 2.45) is 0 Å². The van der Waals surface area contributed by atoms with Gasteiger partial charge < -0.3 is 4.52 Å². The standard InChI is InChI=1S/C8H6ClNO3S/c1-5-7-4-6(14(9,11)12)2-3-8(7)13-10-5/h2-4H,1H3/i1D3. The smallest absolute Gasteiger partial charge is 0.261 e. The van der Waals surface area contributed by atoms with Gasteiger partial charge in [-0.3, -0.25) is 0 Å². The summed E-state index contributed by atoms with van der Waals surface area (Å²) in [6, 6.07) is 3.67. The van der Waals surface area contributed by atoms with Gasteiger partial charge in [0.1, 0.15) is 0 Å². The number of aromatic nitrogens is 1. The molecule has 0 fully saturated rings. The molecule has 14 heavy (non-hydrogen) atoms. The van der Waals surface area contributed by atoms with Crippen LogP contribution in [-0.2, 0) is 9.05 Å². The highest BCUT2D eigenvalue weighted by Gasteiger charge is 2.12. The Balaban J connectivity index is 2.76. The maximum Gasteiger partial charge on any atom is 0.261 e. The first-order chi connectivity index (χ1) is 7.69. The Bertz CT molecular complexity index is 677. The monoisotopic (exact) mass is 234 g/mol. The summed E-state index contributed by atoms with van der Waals surface area (Å²) >= 11 is 0. The zero-order chi connectivity index (χ0) is 12.8. The second kappa shape index (κ2) is 2.96. The lowest BCUT2D eigenvalue weighted by molar-refractivity contribution is 0.450. The first kappa shape index (κ1) is 6.42. The van der Waals surface area contributed by atoms with Gasteiger partial charge in [-0.2, -0.15) is 0 Å². The second-order valence-electron chi connectivity index (χ2n) is 2.63. The SMILES string of the molecule is [2H]C([2H])([2H])c1noc2ccc(S(=O)(=O)Cl)cc12. The van der Waals surface area contributed by atoms with Crippen molar-refractivity contribution in [1.82, 2.24) is 5.16 Å². The van der Waals surface area contributed by atoms with E-state index in [9.17, 15) is 8.42 Å². The van der Waals surface area contributed by atoms with Crippen LogP contribution in [0.5, 0.6) is 0 Å². The third-order valence-electron chi connectivity index (χ3n) is 1.72. The molecule has 0 unspecified atom stereocenters. The highest BCUT2D eigenvalue weighted by atomic mass is 35.7. The van der Waals surface area contributed by atoms with E-state index in [4.69, 9.17) is 19.3 Å². The molecular formula is C8H6ClNO3S. The van der Waals surface area contributed by atoms with Crippen molar-refractivity contribution in [2.75, 3.05) is 0 Å². The van der Waals surface area contributed by atoms with Crippen LogP contribution >= 0.6 is 10.7 Å². The van der Waals surface area contributed by atoms with E-state index < -0.39 is 15.9 Å². The molecule has 0 saturated carbocycles. The highest BCUT2D eigenvalue weighted by Crippen LogP contribution is 2.23. The van der Waals surface area contributed by atoms with Crippen LogP contribution in [0.2, 0.25) is 0 Å². The van der Waals surface area contributed by atoms with Gasteiger partial charge in [0.05, 0.1) is 10.6 Å². The van der Waals surface area contributed by atoms with E-state index in [0.29, 0.717) is 0 Å². The predicted octanol–water partition coefficient (Wildman–Crippen LogP) is 2.06. The van der Waals surface area contributed by atoms with Crippen molar-refractivity contribution in [2.45, 2.75) is 11.7 Å². The predicted molar refractivity (Wildman–Crippen MR) is 51.8 cm³/mol. The fraction of sp³-hybridized carbons (Fsp3) is 0.125. The van der Waals surface area contributed by atoms with Gasteiger partial charge in [-0.1, -0.05) is 5.16 Å². The third kappa shape index (κ3) is 1.49. The lowest BCUT2D eigenvalue weighted by Gasteiger charge is -1.94. The fourth-order valence-electron chi connectivity index (χ4n) is 1.07. The van der Waals surface area contributed by atoms with E-state index >= 15 is 0 Å². The molecule has 2 rings (SSSR count). The van der Waals surface area contributed by atoms with Gasteiger partial charge in [0.25, 0.3) is 9.05 Å². The molecule has 0 bridgehead atoms. The van der Waals surface area contributed by atoms with Crippen molar-refractivity contribution >= 4 is 30.7 Å². The number of hydrogen-bond donors (Lipinski definition) is 0. The maximum absolute atomic E-state index is 11.1. The third-order valence-corrected chi connectivity index (χ3v) is 3.07. The lowest BCUT2D eigenvalue weighted by Crippen LogP contribution is -1.89. The molecule has 2 aromatic rings. The van der Waals surface area contributed by atoms with Crippen LogP contribution in [0.15, 0.2) is 27.6 Å². The van der Waals surface area contributed by atoms with E-state index in [0.717, 1.165) is 6.07 Å². The van der Waals surface area contributed by atoms with Crippen molar-refractivity contribution < 1.29 is 17.1 Å². The molecule has 6 heteroatoms. The maximum atomic E-state index is 11.1. The number of aryl methyl sites for hydroxylation is 1. The Kier molecular flexibility index (Phi) is 1.36.